The first kappa shape index (κ1) is 14.6. The molecule has 6 nitrogen and oxygen atoms in total. The highest BCUT2D eigenvalue weighted by molar-refractivity contribution is 6.37. The van der Waals surface area contributed by atoms with E-state index in [0.29, 0.717) is 21.9 Å². The van der Waals surface area contributed by atoms with Crippen molar-refractivity contribution in [2.45, 2.75) is 0 Å². The summed E-state index contributed by atoms with van der Waals surface area (Å²) < 4.78 is 5.17. The molecular formula is C14H10Cl2N4O2. The highest BCUT2D eigenvalue weighted by atomic mass is 35.5. The molecule has 3 aromatic rings. The monoisotopic (exact) mass is 336 g/mol. The van der Waals surface area contributed by atoms with Crippen LogP contribution in [0.1, 0.15) is 10.4 Å². The number of benzene rings is 1. The molecule has 0 spiro atoms. The molecule has 0 aliphatic heterocycles. The Hall–Kier alpha value is -2.31. The summed E-state index contributed by atoms with van der Waals surface area (Å²) in [6.07, 6.45) is 1.62. The fraction of sp³-hybridized carbons (Fsp3) is 0.0714. The summed E-state index contributed by atoms with van der Waals surface area (Å²) in [6, 6.07) is 6.64. The van der Waals surface area contributed by atoms with Crippen molar-refractivity contribution in [1.82, 2.24) is 15.2 Å². The molecule has 0 unspecified atom stereocenters. The van der Waals surface area contributed by atoms with E-state index in [-0.39, 0.29) is 16.3 Å². The molecule has 1 amide bonds. The molecule has 112 valence electrons. The first-order valence-electron chi connectivity index (χ1n) is 6.24. The molecular weight excluding hydrogens is 327 g/mol. The van der Waals surface area contributed by atoms with Crippen LogP contribution in [-0.2, 0) is 0 Å². The van der Waals surface area contributed by atoms with E-state index in [4.69, 9.17) is 27.9 Å². The number of anilines is 1. The van der Waals surface area contributed by atoms with Crippen LogP contribution in [0.25, 0.3) is 11.0 Å². The quantitative estimate of drug-likeness (QED) is 0.766. The van der Waals surface area contributed by atoms with Gasteiger partial charge in [0.2, 0.25) is 0 Å². The number of fused-ring (bicyclic) bond motifs is 1. The van der Waals surface area contributed by atoms with Crippen molar-refractivity contribution < 1.29 is 9.53 Å². The molecule has 0 bridgehead atoms. The Morgan fingerprint density at radius 3 is 2.82 bits per heavy atom. The SMILES string of the molecule is COc1c(Cl)ccc(Cl)c1C(=O)Nc1[nH]nc2ncccc12. The maximum absolute atomic E-state index is 12.5. The fourth-order valence-electron chi connectivity index (χ4n) is 2.07. The Balaban J connectivity index is 2.00. The van der Waals surface area contributed by atoms with Gasteiger partial charge in [-0.2, -0.15) is 5.10 Å². The van der Waals surface area contributed by atoms with Gasteiger partial charge in [-0.25, -0.2) is 4.98 Å². The number of hydrogen-bond acceptors (Lipinski definition) is 4. The highest BCUT2D eigenvalue weighted by Crippen LogP contribution is 2.34. The van der Waals surface area contributed by atoms with Crippen LogP contribution in [-0.4, -0.2) is 28.2 Å². The number of rotatable bonds is 3. The third-order valence-electron chi connectivity index (χ3n) is 3.06. The van der Waals surface area contributed by atoms with Crippen molar-refractivity contribution in [3.8, 4) is 5.75 Å². The van der Waals surface area contributed by atoms with E-state index < -0.39 is 5.91 Å². The van der Waals surface area contributed by atoms with Crippen LogP contribution in [0.3, 0.4) is 0 Å². The summed E-state index contributed by atoms with van der Waals surface area (Å²) in [6.45, 7) is 0. The molecule has 0 radical (unpaired) electrons. The third kappa shape index (κ3) is 2.47. The molecule has 1 aromatic carbocycles. The summed E-state index contributed by atoms with van der Waals surface area (Å²) in [5.74, 6) is 0.179. The molecule has 0 aliphatic carbocycles. The maximum atomic E-state index is 12.5. The van der Waals surface area contributed by atoms with Crippen molar-refractivity contribution in [3.05, 3.63) is 46.1 Å². The average molecular weight is 337 g/mol. The molecule has 2 aromatic heterocycles. The fourth-order valence-corrected chi connectivity index (χ4v) is 2.54. The molecule has 0 aliphatic rings. The van der Waals surface area contributed by atoms with Crippen LogP contribution in [0.5, 0.6) is 5.75 Å². The van der Waals surface area contributed by atoms with Crippen molar-refractivity contribution in [1.29, 1.82) is 0 Å². The van der Waals surface area contributed by atoms with Gasteiger partial charge < -0.3 is 10.1 Å². The van der Waals surface area contributed by atoms with Gasteiger partial charge in [-0.05, 0) is 24.3 Å². The third-order valence-corrected chi connectivity index (χ3v) is 3.67. The summed E-state index contributed by atoms with van der Waals surface area (Å²) >= 11 is 12.1. The van der Waals surface area contributed by atoms with E-state index in [1.165, 1.54) is 13.2 Å². The minimum absolute atomic E-state index is 0.156. The van der Waals surface area contributed by atoms with Crippen LogP contribution in [0, 0.1) is 0 Å². The van der Waals surface area contributed by atoms with Crippen LogP contribution in [0.4, 0.5) is 5.82 Å². The van der Waals surface area contributed by atoms with Crippen LogP contribution in [0.2, 0.25) is 10.0 Å². The first-order chi connectivity index (χ1) is 10.6. The molecule has 2 heterocycles. The predicted molar refractivity (Wildman–Crippen MR) is 84.9 cm³/mol. The van der Waals surface area contributed by atoms with Gasteiger partial charge in [0, 0.05) is 6.20 Å². The normalized spacial score (nSPS) is 10.7. The van der Waals surface area contributed by atoms with Gasteiger partial charge in [-0.3, -0.25) is 9.89 Å². The van der Waals surface area contributed by atoms with Gasteiger partial charge in [-0.1, -0.05) is 23.2 Å². The number of halogens is 2. The Bertz CT molecular complexity index is 863. The zero-order chi connectivity index (χ0) is 15.7. The van der Waals surface area contributed by atoms with E-state index in [1.807, 2.05) is 0 Å². The zero-order valence-electron chi connectivity index (χ0n) is 11.4. The van der Waals surface area contributed by atoms with Gasteiger partial charge in [0.05, 0.1) is 22.5 Å². The van der Waals surface area contributed by atoms with E-state index >= 15 is 0 Å². The lowest BCUT2D eigenvalue weighted by Gasteiger charge is -2.11. The van der Waals surface area contributed by atoms with Gasteiger partial charge >= 0.3 is 0 Å². The minimum atomic E-state index is -0.459. The van der Waals surface area contributed by atoms with Gasteiger partial charge in [0.15, 0.2) is 11.4 Å². The molecule has 8 heteroatoms. The largest absolute Gasteiger partial charge is 0.494 e. The average Bonchev–Trinajstić information content (AvgIpc) is 2.92. The van der Waals surface area contributed by atoms with E-state index in [1.54, 1.807) is 24.4 Å². The van der Waals surface area contributed by atoms with Crippen molar-refractivity contribution in [2.24, 2.45) is 0 Å². The Kier molecular flexibility index (Phi) is 3.87. The second-order valence-electron chi connectivity index (χ2n) is 4.36. The second kappa shape index (κ2) is 5.82. The standard InChI is InChI=1S/C14H10Cl2N4O2/c1-22-11-9(16)5-4-8(15)10(11)14(21)18-13-7-3-2-6-17-12(7)19-20-13/h2-6H,1H3,(H2,17,18,19,20,21). The van der Waals surface area contributed by atoms with Crippen LogP contribution in [0.15, 0.2) is 30.5 Å². The number of amides is 1. The number of carbonyl (C=O) groups excluding carboxylic acids is 1. The predicted octanol–water partition coefficient (Wildman–Crippen LogP) is 3.53. The summed E-state index contributed by atoms with van der Waals surface area (Å²) in [5.41, 5.74) is 0.658. The number of methoxy groups -OCH3 is 1. The number of ether oxygens (including phenoxy) is 1. The number of nitrogens with one attached hydrogen (secondary N) is 2. The Morgan fingerprint density at radius 2 is 2.05 bits per heavy atom. The first-order valence-corrected chi connectivity index (χ1v) is 7.00. The molecule has 0 saturated heterocycles. The van der Waals surface area contributed by atoms with Gasteiger partial charge in [0.1, 0.15) is 11.4 Å². The zero-order valence-corrected chi connectivity index (χ0v) is 12.9. The van der Waals surface area contributed by atoms with Crippen molar-refractivity contribution in [2.75, 3.05) is 12.4 Å². The molecule has 22 heavy (non-hydrogen) atoms. The second-order valence-corrected chi connectivity index (χ2v) is 5.18. The lowest BCUT2D eigenvalue weighted by atomic mass is 10.2. The Morgan fingerprint density at radius 1 is 1.27 bits per heavy atom. The molecule has 2 N–H and O–H groups in total. The number of aromatic nitrogens is 3. The number of H-pyrrole nitrogens is 1. The molecule has 0 atom stereocenters. The summed E-state index contributed by atoms with van der Waals surface area (Å²) in [7, 11) is 1.42. The summed E-state index contributed by atoms with van der Waals surface area (Å²) in [4.78, 5) is 16.6. The number of hydrogen-bond donors (Lipinski definition) is 2. The summed E-state index contributed by atoms with van der Waals surface area (Å²) in [5, 5.41) is 10.7. The van der Waals surface area contributed by atoms with E-state index in [0.717, 1.165) is 0 Å². The number of pyridine rings is 1. The molecule has 0 saturated carbocycles. The molecule has 0 fully saturated rings. The lowest BCUT2D eigenvalue weighted by Crippen LogP contribution is -2.14. The molecule has 3 rings (SSSR count). The maximum Gasteiger partial charge on any atom is 0.262 e. The van der Waals surface area contributed by atoms with Crippen molar-refractivity contribution >= 4 is 46.0 Å². The number of nitrogens with zero attached hydrogens (tertiary/aromatic N) is 2. The van der Waals surface area contributed by atoms with Crippen LogP contribution < -0.4 is 10.1 Å². The van der Waals surface area contributed by atoms with E-state index in [9.17, 15) is 4.79 Å². The van der Waals surface area contributed by atoms with Gasteiger partial charge in [0.25, 0.3) is 5.91 Å². The van der Waals surface area contributed by atoms with Gasteiger partial charge in [-0.15, -0.1) is 0 Å². The topological polar surface area (TPSA) is 79.9 Å². The van der Waals surface area contributed by atoms with Crippen LogP contribution >= 0.6 is 23.2 Å². The van der Waals surface area contributed by atoms with Crippen molar-refractivity contribution in [3.63, 3.8) is 0 Å². The highest BCUT2D eigenvalue weighted by Gasteiger charge is 2.20. The minimum Gasteiger partial charge on any atom is -0.494 e. The number of carbonyl (C=O) groups is 1. The number of aromatic amines is 1. The Labute approximate surface area is 135 Å². The van der Waals surface area contributed by atoms with E-state index in [2.05, 4.69) is 20.5 Å². The smallest absolute Gasteiger partial charge is 0.262 e. The lowest BCUT2D eigenvalue weighted by molar-refractivity contribution is 0.102.